The zero-order valence-electron chi connectivity index (χ0n) is 14.7. The van der Waals surface area contributed by atoms with E-state index >= 15 is 0 Å². The van der Waals surface area contributed by atoms with Crippen molar-refractivity contribution in [1.82, 2.24) is 5.32 Å². The van der Waals surface area contributed by atoms with Crippen LogP contribution in [0, 0.1) is 10.1 Å². The number of nitro groups is 1. The van der Waals surface area contributed by atoms with E-state index in [1.807, 2.05) is 0 Å². The summed E-state index contributed by atoms with van der Waals surface area (Å²) < 4.78 is 10.4. The predicted octanol–water partition coefficient (Wildman–Crippen LogP) is 2.56. The molecule has 0 aliphatic heterocycles. The molecule has 0 spiro atoms. The third kappa shape index (κ3) is 4.94. The Morgan fingerprint density at radius 3 is 2.26 bits per heavy atom. The van der Waals surface area contributed by atoms with Gasteiger partial charge in [-0.1, -0.05) is 6.07 Å². The van der Waals surface area contributed by atoms with Crippen LogP contribution in [0.15, 0.2) is 42.5 Å². The number of amides is 1. The summed E-state index contributed by atoms with van der Waals surface area (Å²) in [7, 11) is 2.92. The first-order valence-corrected chi connectivity index (χ1v) is 7.84. The second kappa shape index (κ2) is 8.65. The van der Waals surface area contributed by atoms with Gasteiger partial charge >= 0.3 is 5.97 Å². The SMILES string of the molecule is COc1ccc([C@H](CC(=O)O)NC(=O)c2ccc([N+](=O)[O-])cc2)cc1OC. The highest BCUT2D eigenvalue weighted by atomic mass is 16.6. The number of rotatable bonds is 8. The molecule has 1 atom stereocenters. The molecule has 0 saturated carbocycles. The number of nitro benzene ring substituents is 1. The van der Waals surface area contributed by atoms with Gasteiger partial charge in [0.05, 0.1) is 31.6 Å². The standard InChI is InChI=1S/C18H18N2O7/c1-26-15-8-5-12(9-16(15)27-2)14(10-17(21)22)19-18(23)11-3-6-13(7-4-11)20(24)25/h3-9,14H,10H2,1-2H3,(H,19,23)(H,21,22)/t14-/m0/s1. The number of carboxylic acids is 1. The Kier molecular flexibility index (Phi) is 6.32. The number of hydrogen-bond donors (Lipinski definition) is 2. The highest BCUT2D eigenvalue weighted by Gasteiger charge is 2.21. The van der Waals surface area contributed by atoms with E-state index in [2.05, 4.69) is 5.32 Å². The topological polar surface area (TPSA) is 128 Å². The van der Waals surface area contributed by atoms with Crippen molar-refractivity contribution < 1.29 is 29.1 Å². The number of non-ortho nitro benzene ring substituents is 1. The lowest BCUT2D eigenvalue weighted by atomic mass is 10.0. The molecule has 9 nitrogen and oxygen atoms in total. The van der Waals surface area contributed by atoms with E-state index < -0.39 is 22.8 Å². The molecular weight excluding hydrogens is 356 g/mol. The Morgan fingerprint density at radius 2 is 1.74 bits per heavy atom. The summed E-state index contributed by atoms with van der Waals surface area (Å²) in [5.74, 6) is -0.781. The van der Waals surface area contributed by atoms with Crippen molar-refractivity contribution in [2.75, 3.05) is 14.2 Å². The molecule has 0 fully saturated rings. The molecule has 2 rings (SSSR count). The van der Waals surface area contributed by atoms with Crippen LogP contribution >= 0.6 is 0 Å². The molecule has 0 aliphatic rings. The summed E-state index contributed by atoms with van der Waals surface area (Å²) >= 11 is 0. The fraction of sp³-hybridized carbons (Fsp3) is 0.222. The molecule has 0 unspecified atom stereocenters. The van der Waals surface area contributed by atoms with Crippen molar-refractivity contribution in [3.8, 4) is 11.5 Å². The summed E-state index contributed by atoms with van der Waals surface area (Å²) in [6.07, 6.45) is -0.353. The summed E-state index contributed by atoms with van der Waals surface area (Å²) in [6, 6.07) is 9.02. The quantitative estimate of drug-likeness (QED) is 0.537. The number of nitrogens with one attached hydrogen (secondary N) is 1. The van der Waals surface area contributed by atoms with Crippen LogP contribution in [0.2, 0.25) is 0 Å². The number of carboxylic acid groups (broad SMARTS) is 1. The second-order valence-electron chi connectivity index (χ2n) is 5.54. The number of carbonyl (C=O) groups excluding carboxylic acids is 1. The van der Waals surface area contributed by atoms with Gasteiger partial charge < -0.3 is 19.9 Å². The van der Waals surface area contributed by atoms with E-state index in [9.17, 15) is 24.8 Å². The molecule has 9 heteroatoms. The van der Waals surface area contributed by atoms with Gasteiger partial charge in [0.15, 0.2) is 11.5 Å². The molecular formula is C18H18N2O7. The van der Waals surface area contributed by atoms with Gasteiger partial charge in [-0.15, -0.1) is 0 Å². The first-order chi connectivity index (χ1) is 12.8. The largest absolute Gasteiger partial charge is 0.493 e. The molecule has 1 amide bonds. The fourth-order valence-electron chi connectivity index (χ4n) is 2.47. The molecule has 0 aliphatic carbocycles. The van der Waals surface area contributed by atoms with Gasteiger partial charge in [0.2, 0.25) is 0 Å². The summed E-state index contributed by atoms with van der Waals surface area (Å²) in [6.45, 7) is 0. The molecule has 2 N–H and O–H groups in total. The molecule has 142 valence electrons. The van der Waals surface area contributed by atoms with E-state index in [0.29, 0.717) is 17.1 Å². The third-order valence-corrected chi connectivity index (χ3v) is 3.83. The van der Waals surface area contributed by atoms with Crippen molar-refractivity contribution in [2.45, 2.75) is 12.5 Å². The van der Waals surface area contributed by atoms with Gasteiger partial charge in [-0.05, 0) is 29.8 Å². The Balaban J connectivity index is 2.27. The molecule has 0 saturated heterocycles. The third-order valence-electron chi connectivity index (χ3n) is 3.83. The first kappa shape index (κ1) is 19.7. The van der Waals surface area contributed by atoms with Crippen LogP contribution < -0.4 is 14.8 Å². The number of methoxy groups -OCH3 is 2. The maximum absolute atomic E-state index is 12.4. The normalized spacial score (nSPS) is 11.3. The van der Waals surface area contributed by atoms with Gasteiger partial charge in [-0.3, -0.25) is 19.7 Å². The highest BCUT2D eigenvalue weighted by molar-refractivity contribution is 5.94. The summed E-state index contributed by atoms with van der Waals surface area (Å²) in [5, 5.41) is 22.5. The van der Waals surface area contributed by atoms with Gasteiger partial charge in [-0.25, -0.2) is 0 Å². The van der Waals surface area contributed by atoms with Crippen LogP contribution in [0.3, 0.4) is 0 Å². The number of nitrogens with zero attached hydrogens (tertiary/aromatic N) is 1. The van der Waals surface area contributed by atoms with Crippen LogP contribution in [0.1, 0.15) is 28.4 Å². The van der Waals surface area contributed by atoms with Crippen LogP contribution in [-0.4, -0.2) is 36.1 Å². The molecule has 2 aromatic rings. The maximum atomic E-state index is 12.4. The van der Waals surface area contributed by atoms with Gasteiger partial charge in [0.25, 0.3) is 11.6 Å². The maximum Gasteiger partial charge on any atom is 0.305 e. The summed E-state index contributed by atoms with van der Waals surface area (Å²) in [4.78, 5) is 33.8. The van der Waals surface area contributed by atoms with Crippen LogP contribution in [0.4, 0.5) is 5.69 Å². The monoisotopic (exact) mass is 374 g/mol. The number of ether oxygens (including phenoxy) is 2. The van der Waals surface area contributed by atoms with E-state index in [1.165, 1.54) is 38.5 Å². The Bertz CT molecular complexity index is 849. The smallest absolute Gasteiger partial charge is 0.305 e. The molecule has 27 heavy (non-hydrogen) atoms. The zero-order chi connectivity index (χ0) is 20.0. The number of carbonyl (C=O) groups is 2. The summed E-state index contributed by atoms with van der Waals surface area (Å²) in [5.41, 5.74) is 0.551. The molecule has 2 aromatic carbocycles. The highest BCUT2D eigenvalue weighted by Crippen LogP contribution is 2.31. The average molecular weight is 374 g/mol. The van der Waals surface area contributed by atoms with Crippen molar-refractivity contribution >= 4 is 17.6 Å². The van der Waals surface area contributed by atoms with Crippen molar-refractivity contribution in [3.05, 3.63) is 63.7 Å². The fourth-order valence-corrected chi connectivity index (χ4v) is 2.47. The van der Waals surface area contributed by atoms with E-state index in [0.717, 1.165) is 0 Å². The van der Waals surface area contributed by atoms with Crippen molar-refractivity contribution in [3.63, 3.8) is 0 Å². The minimum atomic E-state index is -1.10. The van der Waals surface area contributed by atoms with Crippen LogP contribution in [0.5, 0.6) is 11.5 Å². The lowest BCUT2D eigenvalue weighted by Crippen LogP contribution is -2.30. The van der Waals surface area contributed by atoms with Crippen molar-refractivity contribution in [1.29, 1.82) is 0 Å². The van der Waals surface area contributed by atoms with E-state index in [1.54, 1.807) is 18.2 Å². The van der Waals surface area contributed by atoms with Crippen LogP contribution in [0.25, 0.3) is 0 Å². The lowest BCUT2D eigenvalue weighted by Gasteiger charge is -2.19. The predicted molar refractivity (Wildman–Crippen MR) is 95.1 cm³/mol. The second-order valence-corrected chi connectivity index (χ2v) is 5.54. The van der Waals surface area contributed by atoms with Gasteiger partial charge in [0.1, 0.15) is 0 Å². The van der Waals surface area contributed by atoms with Crippen LogP contribution in [-0.2, 0) is 4.79 Å². The molecule has 0 aromatic heterocycles. The molecule has 0 heterocycles. The Hall–Kier alpha value is -3.62. The van der Waals surface area contributed by atoms with Gasteiger partial charge in [0, 0.05) is 17.7 Å². The zero-order valence-corrected chi connectivity index (χ0v) is 14.7. The number of hydrogen-bond acceptors (Lipinski definition) is 6. The van der Waals surface area contributed by atoms with Crippen molar-refractivity contribution in [2.24, 2.45) is 0 Å². The minimum Gasteiger partial charge on any atom is -0.493 e. The van der Waals surface area contributed by atoms with E-state index in [-0.39, 0.29) is 17.7 Å². The lowest BCUT2D eigenvalue weighted by molar-refractivity contribution is -0.384. The van der Waals surface area contributed by atoms with Gasteiger partial charge in [-0.2, -0.15) is 0 Å². The molecule has 0 radical (unpaired) electrons. The van der Waals surface area contributed by atoms with E-state index in [4.69, 9.17) is 9.47 Å². The number of benzene rings is 2. The number of aliphatic carboxylic acids is 1. The first-order valence-electron chi connectivity index (χ1n) is 7.84. The Labute approximate surface area is 154 Å². The average Bonchev–Trinajstić information content (AvgIpc) is 2.66. The Morgan fingerprint density at radius 1 is 1.11 bits per heavy atom. The molecule has 0 bridgehead atoms. The minimum absolute atomic E-state index is 0.145.